The third-order valence-corrected chi connectivity index (χ3v) is 6.49. The number of fused-ring (bicyclic) bond motifs is 1. The Labute approximate surface area is 175 Å². The van der Waals surface area contributed by atoms with Crippen molar-refractivity contribution >= 4 is 0 Å². The summed E-state index contributed by atoms with van der Waals surface area (Å²) in [6.07, 6.45) is 8.35. The second-order valence-electron chi connectivity index (χ2n) is 8.35. The fraction of sp³-hybridized carbons (Fsp3) is 0.500. The maximum Gasteiger partial charge on any atom is 0.123 e. The van der Waals surface area contributed by atoms with Crippen LogP contribution in [0.2, 0.25) is 0 Å². The van der Waals surface area contributed by atoms with Gasteiger partial charge >= 0.3 is 0 Å². The smallest absolute Gasteiger partial charge is 0.123 e. The molecular formula is C26H33NO2. The molecule has 2 aromatic carbocycles. The van der Waals surface area contributed by atoms with Crippen molar-refractivity contribution in [1.82, 2.24) is 0 Å². The average molecular weight is 392 g/mol. The first-order valence-corrected chi connectivity index (χ1v) is 11.1. The summed E-state index contributed by atoms with van der Waals surface area (Å²) in [5.74, 6) is 0.842. The minimum absolute atomic E-state index is 0.00888. The Morgan fingerprint density at radius 1 is 1.07 bits per heavy atom. The zero-order valence-corrected chi connectivity index (χ0v) is 17.8. The Morgan fingerprint density at radius 3 is 2.48 bits per heavy atom. The molecule has 0 bridgehead atoms. The molecule has 0 aliphatic heterocycles. The maximum absolute atomic E-state index is 11.4. The molecule has 1 N–H and O–H groups in total. The zero-order valence-electron chi connectivity index (χ0n) is 17.8. The lowest BCUT2D eigenvalue weighted by Crippen LogP contribution is -2.34. The van der Waals surface area contributed by atoms with Gasteiger partial charge in [0.25, 0.3) is 0 Å². The van der Waals surface area contributed by atoms with Gasteiger partial charge in [-0.2, -0.15) is 5.26 Å². The van der Waals surface area contributed by atoms with Crippen LogP contribution in [0.15, 0.2) is 42.5 Å². The Morgan fingerprint density at radius 2 is 1.79 bits per heavy atom. The van der Waals surface area contributed by atoms with Gasteiger partial charge in [-0.05, 0) is 48.9 Å². The van der Waals surface area contributed by atoms with E-state index in [-0.39, 0.29) is 5.41 Å². The molecule has 2 aromatic rings. The van der Waals surface area contributed by atoms with Crippen LogP contribution < -0.4 is 4.74 Å². The molecule has 3 rings (SSSR count). The molecule has 0 amide bonds. The molecule has 1 unspecified atom stereocenters. The van der Waals surface area contributed by atoms with E-state index in [0.29, 0.717) is 12.2 Å². The van der Waals surface area contributed by atoms with E-state index in [1.807, 2.05) is 36.4 Å². The summed E-state index contributed by atoms with van der Waals surface area (Å²) in [5.41, 5.74) is 3.71. The molecule has 0 spiro atoms. The summed E-state index contributed by atoms with van der Waals surface area (Å²) in [5, 5.41) is 20.7. The number of hydrogen-bond donors (Lipinski definition) is 1. The largest absolute Gasteiger partial charge is 0.489 e. The van der Waals surface area contributed by atoms with Crippen LogP contribution in [0.1, 0.15) is 87.2 Å². The van der Waals surface area contributed by atoms with E-state index in [9.17, 15) is 10.4 Å². The van der Waals surface area contributed by atoms with Gasteiger partial charge in [0.1, 0.15) is 12.4 Å². The normalized spacial score (nSPS) is 17.4. The first-order valence-electron chi connectivity index (χ1n) is 11.1. The van der Waals surface area contributed by atoms with Crippen LogP contribution in [0, 0.1) is 16.7 Å². The second kappa shape index (κ2) is 9.94. The van der Waals surface area contributed by atoms with Crippen LogP contribution in [0.25, 0.3) is 0 Å². The molecule has 3 heteroatoms. The van der Waals surface area contributed by atoms with E-state index in [1.54, 1.807) is 0 Å². The molecule has 0 saturated carbocycles. The van der Waals surface area contributed by atoms with E-state index >= 15 is 0 Å². The summed E-state index contributed by atoms with van der Waals surface area (Å²) in [6.45, 7) is 4.82. The standard InChI is InChI=1S/C26H33NO2/c1-3-5-15-26(16-6-4-2)17-14-22-23(25(26)28)12-9-13-24(22)29-19-21-11-8-7-10-20(21)18-27/h7-13,25,28H,3-6,14-17,19H2,1-2H3. The van der Waals surface area contributed by atoms with Crippen molar-refractivity contribution in [1.29, 1.82) is 5.26 Å². The van der Waals surface area contributed by atoms with Gasteiger partial charge < -0.3 is 9.84 Å². The van der Waals surface area contributed by atoms with Crippen molar-refractivity contribution in [3.63, 3.8) is 0 Å². The third kappa shape index (κ3) is 4.65. The van der Waals surface area contributed by atoms with Crippen LogP contribution in [0.5, 0.6) is 5.75 Å². The molecule has 0 radical (unpaired) electrons. The third-order valence-electron chi connectivity index (χ3n) is 6.49. The molecule has 0 aromatic heterocycles. The van der Waals surface area contributed by atoms with Crippen molar-refractivity contribution in [3.8, 4) is 11.8 Å². The van der Waals surface area contributed by atoms with Gasteiger partial charge in [-0.25, -0.2) is 0 Å². The van der Waals surface area contributed by atoms with Crippen molar-refractivity contribution in [2.45, 2.75) is 77.9 Å². The van der Waals surface area contributed by atoms with Crippen LogP contribution >= 0.6 is 0 Å². The average Bonchev–Trinajstić information content (AvgIpc) is 2.77. The molecule has 1 aliphatic carbocycles. The number of aliphatic hydroxyl groups is 1. The Bertz CT molecular complexity index is 844. The van der Waals surface area contributed by atoms with Gasteiger partial charge in [0.05, 0.1) is 17.7 Å². The predicted octanol–water partition coefficient (Wildman–Crippen LogP) is 6.48. The van der Waals surface area contributed by atoms with E-state index < -0.39 is 6.10 Å². The van der Waals surface area contributed by atoms with E-state index in [1.165, 1.54) is 0 Å². The highest BCUT2D eigenvalue weighted by molar-refractivity contribution is 5.45. The molecule has 154 valence electrons. The van der Waals surface area contributed by atoms with Gasteiger partial charge in [-0.3, -0.25) is 0 Å². The monoisotopic (exact) mass is 391 g/mol. The number of unbranched alkanes of at least 4 members (excludes halogenated alkanes) is 2. The minimum atomic E-state index is -0.431. The van der Waals surface area contributed by atoms with Crippen LogP contribution in [-0.4, -0.2) is 5.11 Å². The highest BCUT2D eigenvalue weighted by Gasteiger charge is 2.42. The number of rotatable bonds is 9. The second-order valence-corrected chi connectivity index (χ2v) is 8.35. The summed E-state index contributed by atoms with van der Waals surface area (Å²) in [7, 11) is 0. The maximum atomic E-state index is 11.4. The molecular weight excluding hydrogens is 358 g/mol. The lowest BCUT2D eigenvalue weighted by atomic mass is 9.64. The number of benzene rings is 2. The van der Waals surface area contributed by atoms with E-state index in [2.05, 4.69) is 26.0 Å². The summed E-state index contributed by atoms with van der Waals surface area (Å²) >= 11 is 0. The SMILES string of the molecule is CCCCC1(CCCC)CCc2c(OCc3ccccc3C#N)cccc2C1O. The number of hydrogen-bond acceptors (Lipinski definition) is 3. The van der Waals surface area contributed by atoms with E-state index in [4.69, 9.17) is 4.74 Å². The number of aliphatic hydroxyl groups excluding tert-OH is 1. The highest BCUT2D eigenvalue weighted by atomic mass is 16.5. The van der Waals surface area contributed by atoms with Crippen molar-refractivity contribution < 1.29 is 9.84 Å². The number of ether oxygens (including phenoxy) is 1. The Kier molecular flexibility index (Phi) is 7.34. The summed E-state index contributed by atoms with van der Waals surface area (Å²) in [6, 6.07) is 15.8. The molecule has 0 heterocycles. The van der Waals surface area contributed by atoms with Crippen molar-refractivity contribution in [2.24, 2.45) is 5.41 Å². The molecule has 29 heavy (non-hydrogen) atoms. The zero-order chi connectivity index (χ0) is 20.7. The van der Waals surface area contributed by atoms with Crippen LogP contribution in [0.3, 0.4) is 0 Å². The molecule has 1 aliphatic rings. The number of nitrogens with zero attached hydrogens (tertiary/aromatic N) is 1. The molecule has 3 nitrogen and oxygen atoms in total. The lowest BCUT2D eigenvalue weighted by molar-refractivity contribution is -0.0103. The molecule has 0 saturated heterocycles. The molecule has 1 atom stereocenters. The Hall–Kier alpha value is -2.31. The minimum Gasteiger partial charge on any atom is -0.489 e. The fourth-order valence-corrected chi connectivity index (χ4v) is 4.70. The highest BCUT2D eigenvalue weighted by Crippen LogP contribution is 2.52. The van der Waals surface area contributed by atoms with Crippen molar-refractivity contribution in [3.05, 3.63) is 64.7 Å². The van der Waals surface area contributed by atoms with Gasteiger partial charge in [-0.15, -0.1) is 0 Å². The van der Waals surface area contributed by atoms with Crippen LogP contribution in [0.4, 0.5) is 0 Å². The quantitative estimate of drug-likeness (QED) is 0.532. The molecule has 0 fully saturated rings. The lowest BCUT2D eigenvalue weighted by Gasteiger charge is -2.43. The van der Waals surface area contributed by atoms with Gasteiger partial charge in [0.2, 0.25) is 0 Å². The van der Waals surface area contributed by atoms with Gasteiger partial charge in [-0.1, -0.05) is 69.9 Å². The summed E-state index contributed by atoms with van der Waals surface area (Å²) < 4.78 is 6.15. The predicted molar refractivity (Wildman–Crippen MR) is 117 cm³/mol. The van der Waals surface area contributed by atoms with Gasteiger partial charge in [0.15, 0.2) is 0 Å². The Balaban J connectivity index is 1.83. The van der Waals surface area contributed by atoms with Crippen molar-refractivity contribution in [2.75, 3.05) is 0 Å². The topological polar surface area (TPSA) is 53.2 Å². The first kappa shape index (κ1) is 21.4. The van der Waals surface area contributed by atoms with Gasteiger partial charge in [0, 0.05) is 11.0 Å². The summed E-state index contributed by atoms with van der Waals surface area (Å²) in [4.78, 5) is 0. The first-order chi connectivity index (χ1) is 14.1. The number of nitriles is 1. The fourth-order valence-electron chi connectivity index (χ4n) is 4.70. The van der Waals surface area contributed by atoms with Crippen LogP contribution in [-0.2, 0) is 13.0 Å². The van der Waals surface area contributed by atoms with E-state index in [0.717, 1.165) is 73.8 Å².